The average Bonchev–Trinajstić information content (AvgIpc) is 2.82. The van der Waals surface area contributed by atoms with Crippen LogP contribution in [0.5, 0.6) is 0 Å². The van der Waals surface area contributed by atoms with Crippen LogP contribution in [0, 0.1) is 11.6 Å². The maximum absolute atomic E-state index is 14.7. The Labute approximate surface area is 190 Å². The smallest absolute Gasteiger partial charge is 0.319 e. The molecule has 4 aromatic rings. The van der Waals surface area contributed by atoms with E-state index >= 15 is 0 Å². The van der Waals surface area contributed by atoms with Crippen LogP contribution < -0.4 is 10.6 Å². The summed E-state index contributed by atoms with van der Waals surface area (Å²) < 4.78 is 28.6. The number of carbonyl (C=O) groups is 1. The fourth-order valence-electron chi connectivity index (χ4n) is 3.53. The highest BCUT2D eigenvalue weighted by Crippen LogP contribution is 2.35. The van der Waals surface area contributed by atoms with Crippen LogP contribution in [0.15, 0.2) is 72.8 Å². The quantitative estimate of drug-likeness (QED) is 0.353. The van der Waals surface area contributed by atoms with Crippen molar-refractivity contribution in [3.05, 3.63) is 84.4 Å². The lowest BCUT2D eigenvalue weighted by atomic mass is 9.97. The van der Waals surface area contributed by atoms with Crippen LogP contribution in [0.3, 0.4) is 0 Å². The van der Waals surface area contributed by atoms with Crippen LogP contribution in [0.2, 0.25) is 0 Å². The maximum atomic E-state index is 14.7. The van der Waals surface area contributed by atoms with Crippen molar-refractivity contribution in [2.24, 2.45) is 0 Å². The summed E-state index contributed by atoms with van der Waals surface area (Å²) in [4.78, 5) is 16.8. The van der Waals surface area contributed by atoms with Crippen molar-refractivity contribution in [2.75, 3.05) is 11.9 Å². The lowest BCUT2D eigenvalue weighted by Gasteiger charge is -2.14. The number of nitrogens with zero attached hydrogens (tertiary/aromatic N) is 1. The monoisotopic (exact) mass is 447 g/mol. The standard InChI is InChI=1S/C26H23F2N3O2/c1-2-20(32)15-29-26(33)30-19-10-11-24-17(13-19)14-22(21-8-3-4-9-23(21)28)25(31-24)16-6-5-7-18(27)12-16/h3-14,20,32H,2,15H2,1H3,(H2,29,30,33). The van der Waals surface area contributed by atoms with E-state index in [1.54, 1.807) is 54.6 Å². The Kier molecular flexibility index (Phi) is 6.60. The van der Waals surface area contributed by atoms with Gasteiger partial charge in [-0.25, -0.2) is 18.6 Å². The van der Waals surface area contributed by atoms with Crippen LogP contribution in [0.1, 0.15) is 13.3 Å². The largest absolute Gasteiger partial charge is 0.391 e. The number of hydrogen-bond acceptors (Lipinski definition) is 3. The number of halogens is 2. The minimum atomic E-state index is -0.610. The summed E-state index contributed by atoms with van der Waals surface area (Å²) in [5.74, 6) is -0.827. The number of urea groups is 1. The molecule has 33 heavy (non-hydrogen) atoms. The summed E-state index contributed by atoms with van der Waals surface area (Å²) in [6.45, 7) is 1.97. The Morgan fingerprint density at radius 2 is 1.82 bits per heavy atom. The SMILES string of the molecule is CCC(O)CNC(=O)Nc1ccc2nc(-c3cccc(F)c3)c(-c3ccccc3F)cc2c1. The minimum Gasteiger partial charge on any atom is -0.391 e. The van der Waals surface area contributed by atoms with Crippen molar-refractivity contribution in [1.29, 1.82) is 0 Å². The van der Waals surface area contributed by atoms with E-state index in [0.717, 1.165) is 0 Å². The molecule has 0 aliphatic carbocycles. The second-order valence-corrected chi connectivity index (χ2v) is 7.68. The fraction of sp³-hybridized carbons (Fsp3) is 0.154. The fourth-order valence-corrected chi connectivity index (χ4v) is 3.53. The van der Waals surface area contributed by atoms with E-state index in [9.17, 15) is 18.7 Å². The van der Waals surface area contributed by atoms with Crippen LogP contribution in [-0.2, 0) is 0 Å². The number of carbonyl (C=O) groups excluding carboxylic acids is 1. The van der Waals surface area contributed by atoms with Gasteiger partial charge in [-0.15, -0.1) is 0 Å². The van der Waals surface area contributed by atoms with Gasteiger partial charge in [0.25, 0.3) is 0 Å². The van der Waals surface area contributed by atoms with Gasteiger partial charge in [-0.3, -0.25) is 0 Å². The summed E-state index contributed by atoms with van der Waals surface area (Å²) in [7, 11) is 0. The molecule has 0 aliphatic heterocycles. The van der Waals surface area contributed by atoms with Crippen molar-refractivity contribution in [1.82, 2.24) is 10.3 Å². The number of aromatic nitrogens is 1. The second kappa shape index (κ2) is 9.75. The summed E-state index contributed by atoms with van der Waals surface area (Å²) in [5.41, 5.74) is 2.98. The number of hydrogen-bond donors (Lipinski definition) is 3. The molecule has 4 rings (SSSR count). The van der Waals surface area contributed by atoms with Crippen LogP contribution in [-0.4, -0.2) is 28.8 Å². The number of amides is 2. The van der Waals surface area contributed by atoms with E-state index in [4.69, 9.17) is 4.98 Å². The van der Waals surface area contributed by atoms with E-state index in [1.807, 2.05) is 6.92 Å². The molecule has 1 atom stereocenters. The number of benzene rings is 3. The third-order valence-corrected chi connectivity index (χ3v) is 5.30. The van der Waals surface area contributed by atoms with E-state index in [0.29, 0.717) is 45.4 Å². The highest BCUT2D eigenvalue weighted by molar-refractivity contribution is 5.96. The summed E-state index contributed by atoms with van der Waals surface area (Å²) in [5, 5.41) is 15.6. The molecule has 1 aromatic heterocycles. The molecule has 2 amide bonds. The van der Waals surface area contributed by atoms with Gasteiger partial charge >= 0.3 is 6.03 Å². The van der Waals surface area contributed by atoms with Crippen molar-refractivity contribution < 1.29 is 18.7 Å². The number of aliphatic hydroxyl groups is 1. The van der Waals surface area contributed by atoms with Gasteiger partial charge in [0.15, 0.2) is 0 Å². The van der Waals surface area contributed by atoms with Gasteiger partial charge in [-0.1, -0.05) is 37.3 Å². The summed E-state index contributed by atoms with van der Waals surface area (Å²) in [6.07, 6.45) is -0.0740. The van der Waals surface area contributed by atoms with Gasteiger partial charge in [-0.2, -0.15) is 0 Å². The molecule has 0 spiro atoms. The Hall–Kier alpha value is -3.84. The van der Waals surface area contributed by atoms with Gasteiger partial charge in [0.2, 0.25) is 0 Å². The Balaban J connectivity index is 1.76. The molecule has 0 bridgehead atoms. The Morgan fingerprint density at radius 1 is 1.00 bits per heavy atom. The van der Waals surface area contributed by atoms with Gasteiger partial charge in [0.1, 0.15) is 11.6 Å². The van der Waals surface area contributed by atoms with E-state index in [1.165, 1.54) is 18.2 Å². The summed E-state index contributed by atoms with van der Waals surface area (Å²) in [6, 6.07) is 18.9. The topological polar surface area (TPSA) is 74.2 Å². The minimum absolute atomic E-state index is 0.145. The van der Waals surface area contributed by atoms with E-state index in [2.05, 4.69) is 10.6 Å². The molecule has 3 N–H and O–H groups in total. The van der Waals surface area contributed by atoms with Crippen LogP contribution in [0.4, 0.5) is 19.3 Å². The molecule has 7 heteroatoms. The van der Waals surface area contributed by atoms with Gasteiger partial charge in [-0.05, 0) is 48.9 Å². The summed E-state index contributed by atoms with van der Waals surface area (Å²) >= 11 is 0. The second-order valence-electron chi connectivity index (χ2n) is 7.68. The number of aliphatic hydroxyl groups excluding tert-OH is 1. The first-order valence-electron chi connectivity index (χ1n) is 10.6. The highest BCUT2D eigenvalue weighted by Gasteiger charge is 2.15. The first kappa shape index (κ1) is 22.4. The normalized spacial score (nSPS) is 11.9. The zero-order valence-corrected chi connectivity index (χ0v) is 18.0. The average molecular weight is 447 g/mol. The third-order valence-electron chi connectivity index (χ3n) is 5.30. The van der Waals surface area contributed by atoms with Crippen LogP contribution >= 0.6 is 0 Å². The van der Waals surface area contributed by atoms with Gasteiger partial charge in [0.05, 0.1) is 17.3 Å². The number of nitrogens with one attached hydrogen (secondary N) is 2. The molecule has 1 heterocycles. The first-order valence-corrected chi connectivity index (χ1v) is 10.6. The lowest BCUT2D eigenvalue weighted by Crippen LogP contribution is -2.34. The van der Waals surface area contributed by atoms with Crippen molar-refractivity contribution in [3.8, 4) is 22.4 Å². The molecule has 5 nitrogen and oxygen atoms in total. The van der Waals surface area contributed by atoms with E-state index < -0.39 is 23.8 Å². The zero-order chi connectivity index (χ0) is 23.4. The van der Waals surface area contributed by atoms with Crippen LogP contribution in [0.25, 0.3) is 33.3 Å². The first-order chi connectivity index (χ1) is 15.9. The Morgan fingerprint density at radius 3 is 2.58 bits per heavy atom. The lowest BCUT2D eigenvalue weighted by molar-refractivity contribution is 0.168. The molecule has 1 unspecified atom stereocenters. The number of anilines is 1. The Bertz CT molecular complexity index is 1310. The van der Waals surface area contributed by atoms with Crippen molar-refractivity contribution >= 4 is 22.6 Å². The molecule has 3 aromatic carbocycles. The maximum Gasteiger partial charge on any atom is 0.319 e. The molecule has 0 radical (unpaired) electrons. The molecule has 0 aliphatic rings. The van der Waals surface area contributed by atoms with Crippen molar-refractivity contribution in [3.63, 3.8) is 0 Å². The molecule has 0 saturated carbocycles. The molecule has 168 valence electrons. The number of pyridine rings is 1. The van der Waals surface area contributed by atoms with Crippen molar-refractivity contribution in [2.45, 2.75) is 19.4 Å². The third kappa shape index (κ3) is 5.15. The molecular weight excluding hydrogens is 424 g/mol. The zero-order valence-electron chi connectivity index (χ0n) is 18.0. The number of rotatable bonds is 6. The predicted molar refractivity (Wildman–Crippen MR) is 126 cm³/mol. The van der Waals surface area contributed by atoms with Gasteiger partial charge < -0.3 is 15.7 Å². The number of fused-ring (bicyclic) bond motifs is 1. The molecule has 0 fully saturated rings. The predicted octanol–water partition coefficient (Wildman–Crippen LogP) is 5.74. The van der Waals surface area contributed by atoms with E-state index in [-0.39, 0.29) is 6.54 Å². The highest BCUT2D eigenvalue weighted by atomic mass is 19.1. The van der Waals surface area contributed by atoms with Gasteiger partial charge in [0, 0.05) is 34.3 Å². The molecule has 0 saturated heterocycles. The molecular formula is C26H23F2N3O2.